The molecule has 1 aliphatic rings. The molecule has 1 aromatic rings. The Kier molecular flexibility index (Phi) is 4.92. The number of nitrogens with one attached hydrogen (secondary N) is 1. The van der Waals surface area contributed by atoms with Crippen LogP contribution in [0.3, 0.4) is 0 Å². The Labute approximate surface area is 131 Å². The smallest absolute Gasteiger partial charge is 0.228 e. The number of benzene rings is 1. The summed E-state index contributed by atoms with van der Waals surface area (Å²) >= 11 is 5.99. The number of anilines is 1. The summed E-state index contributed by atoms with van der Waals surface area (Å²) in [6.07, 6.45) is 3.13. The summed E-state index contributed by atoms with van der Waals surface area (Å²) in [5, 5.41) is 3.60. The zero-order chi connectivity index (χ0) is 15.5. The second-order valence-electron chi connectivity index (χ2n) is 6.12. The molecule has 0 aromatic heterocycles. The van der Waals surface area contributed by atoms with Gasteiger partial charge in [0.2, 0.25) is 5.91 Å². The van der Waals surface area contributed by atoms with Crippen LogP contribution in [-0.4, -0.2) is 12.5 Å². The normalized spacial score (nSPS) is 19.7. The topological polar surface area (TPSA) is 55.1 Å². The average molecular weight is 305 g/mol. The maximum absolute atomic E-state index is 12.5. The van der Waals surface area contributed by atoms with Gasteiger partial charge in [0.15, 0.2) is 0 Å². The van der Waals surface area contributed by atoms with Crippen molar-refractivity contribution in [3.63, 3.8) is 0 Å². The summed E-state index contributed by atoms with van der Waals surface area (Å²) in [4.78, 5) is 12.5. The summed E-state index contributed by atoms with van der Waals surface area (Å²) in [6, 6.07) is 5.30. The fourth-order valence-corrected chi connectivity index (χ4v) is 3.08. The quantitative estimate of drug-likeness (QED) is 0.823. The Morgan fingerprint density at radius 1 is 1.52 bits per heavy atom. The lowest BCUT2D eigenvalue weighted by molar-refractivity contribution is -0.122. The van der Waals surface area contributed by atoms with Gasteiger partial charge in [-0.05, 0) is 36.5 Å². The van der Waals surface area contributed by atoms with Crippen LogP contribution in [0.1, 0.15) is 38.7 Å². The van der Waals surface area contributed by atoms with Gasteiger partial charge in [0.1, 0.15) is 0 Å². The molecular weight excluding hydrogens is 284 g/mol. The molecule has 3 nitrogen and oxygen atoms in total. The lowest BCUT2D eigenvalue weighted by Gasteiger charge is -2.26. The lowest BCUT2D eigenvalue weighted by Crippen LogP contribution is -2.31. The molecule has 1 aliphatic carbocycles. The predicted octanol–water partition coefficient (Wildman–Crippen LogP) is 3.42. The van der Waals surface area contributed by atoms with Gasteiger partial charge in [-0.1, -0.05) is 43.7 Å². The van der Waals surface area contributed by atoms with Crippen molar-refractivity contribution in [2.75, 3.05) is 11.9 Å². The van der Waals surface area contributed by atoms with Gasteiger partial charge in [-0.3, -0.25) is 4.79 Å². The molecule has 1 unspecified atom stereocenters. The van der Waals surface area contributed by atoms with Gasteiger partial charge in [0.05, 0.1) is 12.2 Å². The highest BCUT2D eigenvalue weighted by Gasteiger charge is 2.39. The van der Waals surface area contributed by atoms with E-state index < -0.39 is 0 Å². The fraction of sp³-hybridized carbons (Fsp3) is 0.471. The minimum absolute atomic E-state index is 0.0449. The van der Waals surface area contributed by atoms with Gasteiger partial charge in [-0.15, -0.1) is 0 Å². The van der Waals surface area contributed by atoms with E-state index in [0.717, 1.165) is 19.3 Å². The number of rotatable bonds is 2. The van der Waals surface area contributed by atoms with Gasteiger partial charge < -0.3 is 11.1 Å². The maximum atomic E-state index is 12.5. The van der Waals surface area contributed by atoms with Crippen LogP contribution >= 0.6 is 11.6 Å². The standard InChI is InChI=1S/C17H21ClN2O/c1-17(2)9-3-6-14(17)16(21)20-15-8-7-13(18)11-12(15)5-4-10-19/h7-8,11,14H,3,6,9-10,19H2,1-2H3,(H,20,21). The number of halogens is 1. The Morgan fingerprint density at radius 2 is 2.29 bits per heavy atom. The van der Waals surface area contributed by atoms with Crippen molar-refractivity contribution in [3.05, 3.63) is 28.8 Å². The monoisotopic (exact) mass is 304 g/mol. The number of amides is 1. The molecule has 0 bridgehead atoms. The SMILES string of the molecule is CC1(C)CCCC1C(=O)Nc1ccc(Cl)cc1C#CCN. The van der Waals surface area contributed by atoms with Crippen molar-refractivity contribution in [2.45, 2.75) is 33.1 Å². The van der Waals surface area contributed by atoms with Gasteiger partial charge in [-0.25, -0.2) is 0 Å². The van der Waals surface area contributed by atoms with E-state index in [2.05, 4.69) is 31.0 Å². The first kappa shape index (κ1) is 15.9. The molecular formula is C17H21ClN2O. The van der Waals surface area contributed by atoms with Gasteiger partial charge >= 0.3 is 0 Å². The largest absolute Gasteiger partial charge is 0.325 e. The Bertz CT molecular complexity index is 599. The second kappa shape index (κ2) is 6.51. The van der Waals surface area contributed by atoms with Crippen molar-refractivity contribution >= 4 is 23.2 Å². The zero-order valence-electron chi connectivity index (χ0n) is 12.5. The first-order valence-corrected chi connectivity index (χ1v) is 7.61. The first-order chi connectivity index (χ1) is 9.94. The molecule has 0 heterocycles. The molecule has 21 heavy (non-hydrogen) atoms. The van der Waals surface area contributed by atoms with Gasteiger partial charge in [0, 0.05) is 16.5 Å². The van der Waals surface area contributed by atoms with Crippen LogP contribution < -0.4 is 11.1 Å². The first-order valence-electron chi connectivity index (χ1n) is 7.23. The number of hydrogen-bond donors (Lipinski definition) is 2. The highest BCUT2D eigenvalue weighted by atomic mass is 35.5. The van der Waals surface area contributed by atoms with E-state index in [1.807, 2.05) is 0 Å². The number of carbonyl (C=O) groups is 1. The van der Waals surface area contributed by atoms with Crippen LogP contribution in [0.2, 0.25) is 5.02 Å². The minimum atomic E-state index is 0.0449. The highest BCUT2D eigenvalue weighted by Crippen LogP contribution is 2.43. The summed E-state index contributed by atoms with van der Waals surface area (Å²) in [6.45, 7) is 4.58. The molecule has 1 aromatic carbocycles. The third-order valence-corrected chi connectivity index (χ3v) is 4.37. The fourth-order valence-electron chi connectivity index (χ4n) is 2.91. The molecule has 1 atom stereocenters. The predicted molar refractivity (Wildman–Crippen MR) is 87.1 cm³/mol. The molecule has 1 amide bonds. The van der Waals surface area contributed by atoms with Crippen molar-refractivity contribution in [2.24, 2.45) is 17.1 Å². The van der Waals surface area contributed by atoms with Crippen molar-refractivity contribution < 1.29 is 4.79 Å². The number of nitrogens with two attached hydrogens (primary N) is 1. The van der Waals surface area contributed by atoms with Gasteiger partial charge in [0.25, 0.3) is 0 Å². The van der Waals surface area contributed by atoms with E-state index in [-0.39, 0.29) is 23.8 Å². The van der Waals surface area contributed by atoms with Crippen molar-refractivity contribution in [3.8, 4) is 11.8 Å². The molecule has 112 valence electrons. The van der Waals surface area contributed by atoms with E-state index in [1.54, 1.807) is 18.2 Å². The molecule has 4 heteroatoms. The van der Waals surface area contributed by atoms with E-state index in [0.29, 0.717) is 16.3 Å². The summed E-state index contributed by atoms with van der Waals surface area (Å²) in [5.41, 5.74) is 6.87. The molecule has 1 fully saturated rings. The Balaban J connectivity index is 2.21. The minimum Gasteiger partial charge on any atom is -0.325 e. The van der Waals surface area contributed by atoms with Crippen LogP contribution in [0.25, 0.3) is 0 Å². The zero-order valence-corrected chi connectivity index (χ0v) is 13.3. The summed E-state index contributed by atoms with van der Waals surface area (Å²) in [7, 11) is 0. The number of hydrogen-bond acceptors (Lipinski definition) is 2. The Hall–Kier alpha value is -1.50. The van der Waals surface area contributed by atoms with Crippen LogP contribution in [-0.2, 0) is 4.79 Å². The molecule has 3 N–H and O–H groups in total. The highest BCUT2D eigenvalue weighted by molar-refractivity contribution is 6.30. The van der Waals surface area contributed by atoms with Crippen LogP contribution in [0.4, 0.5) is 5.69 Å². The van der Waals surface area contributed by atoms with Crippen LogP contribution in [0.5, 0.6) is 0 Å². The molecule has 1 saturated carbocycles. The molecule has 0 aliphatic heterocycles. The Morgan fingerprint density at radius 3 is 2.90 bits per heavy atom. The molecule has 0 spiro atoms. The third kappa shape index (κ3) is 3.78. The number of carbonyl (C=O) groups excluding carboxylic acids is 1. The maximum Gasteiger partial charge on any atom is 0.228 e. The molecule has 2 rings (SSSR count). The van der Waals surface area contributed by atoms with E-state index in [4.69, 9.17) is 17.3 Å². The van der Waals surface area contributed by atoms with E-state index in [1.165, 1.54) is 0 Å². The average Bonchev–Trinajstić information content (AvgIpc) is 2.78. The van der Waals surface area contributed by atoms with Gasteiger partial charge in [-0.2, -0.15) is 0 Å². The second-order valence-corrected chi connectivity index (χ2v) is 6.55. The summed E-state index contributed by atoms with van der Waals surface area (Å²) < 4.78 is 0. The van der Waals surface area contributed by atoms with Crippen molar-refractivity contribution in [1.29, 1.82) is 0 Å². The summed E-state index contributed by atoms with van der Waals surface area (Å²) in [5.74, 6) is 5.87. The van der Waals surface area contributed by atoms with Crippen LogP contribution in [0, 0.1) is 23.2 Å². The molecule has 0 saturated heterocycles. The lowest BCUT2D eigenvalue weighted by atomic mass is 9.81. The van der Waals surface area contributed by atoms with E-state index >= 15 is 0 Å². The van der Waals surface area contributed by atoms with E-state index in [9.17, 15) is 4.79 Å². The third-order valence-electron chi connectivity index (χ3n) is 4.14. The molecule has 0 radical (unpaired) electrons. The van der Waals surface area contributed by atoms with Crippen LogP contribution in [0.15, 0.2) is 18.2 Å². The van der Waals surface area contributed by atoms with Crippen molar-refractivity contribution in [1.82, 2.24) is 0 Å².